The molecule has 1 rings (SSSR count). The van der Waals surface area contributed by atoms with Gasteiger partial charge in [0.2, 0.25) is 0 Å². The normalized spacial score (nSPS) is 20.1. The summed E-state index contributed by atoms with van der Waals surface area (Å²) in [4.78, 5) is 24.8. The Morgan fingerprint density at radius 3 is 2.35 bits per heavy atom. The van der Waals surface area contributed by atoms with Crippen LogP contribution in [0, 0.1) is 0 Å². The average molecular weight is 243 g/mol. The van der Waals surface area contributed by atoms with Crippen LogP contribution in [0.3, 0.4) is 0 Å². The first-order valence-electron chi connectivity index (χ1n) is 5.93. The van der Waals surface area contributed by atoms with Gasteiger partial charge in [-0.1, -0.05) is 0 Å². The maximum atomic E-state index is 11.9. The number of aliphatic hydroxyl groups excluding tert-OH is 1. The number of ether oxygens (including phenoxy) is 1. The van der Waals surface area contributed by atoms with E-state index in [1.165, 1.54) is 0 Å². The van der Waals surface area contributed by atoms with Gasteiger partial charge in [0.15, 0.2) is 0 Å². The van der Waals surface area contributed by atoms with Gasteiger partial charge in [-0.2, -0.15) is 0 Å². The zero-order chi connectivity index (χ0) is 13.1. The maximum Gasteiger partial charge on any atom is 0.326 e. The van der Waals surface area contributed by atoms with Crippen molar-refractivity contribution in [2.75, 3.05) is 19.7 Å². The highest BCUT2D eigenvalue weighted by atomic mass is 16.6. The third-order valence-corrected chi connectivity index (χ3v) is 2.65. The predicted octanol–water partition coefficient (Wildman–Crippen LogP) is 0.354. The van der Waals surface area contributed by atoms with Gasteiger partial charge in [-0.15, -0.1) is 0 Å². The van der Waals surface area contributed by atoms with Crippen molar-refractivity contribution < 1.29 is 19.4 Å². The molecule has 1 saturated heterocycles. The second-order valence-electron chi connectivity index (χ2n) is 5.31. The van der Waals surface area contributed by atoms with Crippen molar-refractivity contribution in [1.82, 2.24) is 4.90 Å². The molecule has 0 saturated carbocycles. The second kappa shape index (κ2) is 5.60. The quantitative estimate of drug-likeness (QED) is 0.725. The molecule has 5 heteroatoms. The van der Waals surface area contributed by atoms with Gasteiger partial charge in [0, 0.05) is 25.9 Å². The third-order valence-electron chi connectivity index (χ3n) is 2.65. The number of piperidine rings is 1. The summed E-state index contributed by atoms with van der Waals surface area (Å²) < 4.78 is 5.25. The van der Waals surface area contributed by atoms with Gasteiger partial charge in [0.25, 0.3) is 0 Å². The molecule has 0 radical (unpaired) electrons. The molecule has 0 aromatic rings. The molecule has 1 aliphatic heterocycles. The van der Waals surface area contributed by atoms with Gasteiger partial charge in [0.1, 0.15) is 17.4 Å². The number of carbonyl (C=O) groups excluding carboxylic acids is 2. The number of rotatable bonds is 3. The monoisotopic (exact) mass is 243 g/mol. The van der Waals surface area contributed by atoms with E-state index in [-0.39, 0.29) is 12.4 Å². The molecule has 1 unspecified atom stereocenters. The largest absolute Gasteiger partial charge is 0.459 e. The highest BCUT2D eigenvalue weighted by molar-refractivity contribution is 5.80. The molecule has 0 aromatic heterocycles. The third kappa shape index (κ3) is 4.44. The van der Waals surface area contributed by atoms with Crippen LogP contribution in [-0.2, 0) is 14.3 Å². The van der Waals surface area contributed by atoms with Crippen LogP contribution in [-0.4, -0.2) is 53.1 Å². The summed E-state index contributed by atoms with van der Waals surface area (Å²) in [7, 11) is 0. The van der Waals surface area contributed by atoms with Crippen molar-refractivity contribution in [2.45, 2.75) is 45.3 Å². The fourth-order valence-corrected chi connectivity index (χ4v) is 1.79. The highest BCUT2D eigenvalue weighted by Crippen LogP contribution is 2.14. The summed E-state index contributed by atoms with van der Waals surface area (Å²) in [5, 5.41) is 9.28. The predicted molar refractivity (Wildman–Crippen MR) is 62.5 cm³/mol. The minimum absolute atomic E-state index is 0.210. The molecular weight excluding hydrogens is 222 g/mol. The first kappa shape index (κ1) is 14.1. The minimum atomic E-state index is -0.651. The maximum absolute atomic E-state index is 11.9. The van der Waals surface area contributed by atoms with Crippen molar-refractivity contribution in [3.63, 3.8) is 0 Å². The Morgan fingerprint density at radius 1 is 1.41 bits per heavy atom. The summed E-state index contributed by atoms with van der Waals surface area (Å²) in [5.74, 6) is -0.212. The van der Waals surface area contributed by atoms with Gasteiger partial charge < -0.3 is 9.84 Å². The smallest absolute Gasteiger partial charge is 0.326 e. The molecule has 1 fully saturated rings. The van der Waals surface area contributed by atoms with Crippen LogP contribution >= 0.6 is 0 Å². The van der Waals surface area contributed by atoms with Crippen molar-refractivity contribution in [1.29, 1.82) is 0 Å². The first-order chi connectivity index (χ1) is 7.83. The average Bonchev–Trinajstić information content (AvgIpc) is 2.19. The summed E-state index contributed by atoms with van der Waals surface area (Å²) in [6.45, 7) is 6.13. The molecule has 0 spiro atoms. The van der Waals surface area contributed by atoms with Crippen LogP contribution in [0.15, 0.2) is 0 Å². The lowest BCUT2D eigenvalue weighted by Gasteiger charge is -2.33. The number of ketones is 1. The number of likely N-dealkylation sites (tertiary alicyclic amines) is 1. The number of Topliss-reactive ketones (excluding diaryl/α,β-unsaturated/α-hetero) is 1. The molecule has 5 nitrogen and oxygen atoms in total. The molecule has 0 aromatic carbocycles. The summed E-state index contributed by atoms with van der Waals surface area (Å²) in [5.41, 5.74) is -0.559. The van der Waals surface area contributed by atoms with Crippen LogP contribution < -0.4 is 0 Å². The zero-order valence-electron chi connectivity index (χ0n) is 10.7. The van der Waals surface area contributed by atoms with E-state index in [1.807, 2.05) is 4.90 Å². The number of aliphatic hydroxyl groups is 1. The number of carbonyl (C=O) groups is 2. The zero-order valence-corrected chi connectivity index (χ0v) is 10.7. The van der Waals surface area contributed by atoms with E-state index >= 15 is 0 Å². The Balaban J connectivity index is 2.58. The molecule has 17 heavy (non-hydrogen) atoms. The fourth-order valence-electron chi connectivity index (χ4n) is 1.79. The van der Waals surface area contributed by atoms with Crippen molar-refractivity contribution in [3.05, 3.63) is 0 Å². The van der Waals surface area contributed by atoms with Gasteiger partial charge in [-0.25, -0.2) is 0 Å². The van der Waals surface area contributed by atoms with Gasteiger partial charge in [0.05, 0.1) is 6.61 Å². The van der Waals surface area contributed by atoms with Gasteiger partial charge in [-0.05, 0) is 20.8 Å². The lowest BCUT2D eigenvalue weighted by molar-refractivity contribution is -0.164. The summed E-state index contributed by atoms with van der Waals surface area (Å²) >= 11 is 0. The molecule has 0 aliphatic carbocycles. The Hall–Kier alpha value is -0.940. The Labute approximate surface area is 102 Å². The topological polar surface area (TPSA) is 66.8 Å². The lowest BCUT2D eigenvalue weighted by atomic mass is 10.1. The van der Waals surface area contributed by atoms with E-state index in [4.69, 9.17) is 4.74 Å². The van der Waals surface area contributed by atoms with E-state index in [9.17, 15) is 14.7 Å². The van der Waals surface area contributed by atoms with E-state index in [2.05, 4.69) is 0 Å². The van der Waals surface area contributed by atoms with E-state index in [0.29, 0.717) is 25.9 Å². The molecule has 1 aliphatic rings. The second-order valence-corrected chi connectivity index (χ2v) is 5.31. The van der Waals surface area contributed by atoms with Gasteiger partial charge >= 0.3 is 5.97 Å². The molecular formula is C12H21NO4. The summed E-state index contributed by atoms with van der Waals surface area (Å²) in [6.07, 6.45) is 0.887. The standard InChI is InChI=1S/C12H21NO4/c1-12(2,3)17-11(16)10(8-14)13-6-4-9(15)5-7-13/h10,14H,4-8H2,1-3H3. The molecule has 0 amide bonds. The molecule has 1 N–H and O–H groups in total. The van der Waals surface area contributed by atoms with Gasteiger partial charge in [-0.3, -0.25) is 14.5 Å². The van der Waals surface area contributed by atoms with Crippen molar-refractivity contribution >= 4 is 11.8 Å². The SMILES string of the molecule is CC(C)(C)OC(=O)C(CO)N1CCC(=O)CC1. The van der Waals surface area contributed by atoms with Crippen molar-refractivity contribution in [2.24, 2.45) is 0 Å². The lowest BCUT2D eigenvalue weighted by Crippen LogP contribution is -2.49. The fraction of sp³-hybridized carbons (Fsp3) is 0.833. The van der Waals surface area contributed by atoms with Crippen LogP contribution in [0.5, 0.6) is 0 Å². The molecule has 1 heterocycles. The Morgan fingerprint density at radius 2 is 1.94 bits per heavy atom. The van der Waals surface area contributed by atoms with Crippen LogP contribution in [0.4, 0.5) is 0 Å². The van der Waals surface area contributed by atoms with E-state index in [0.717, 1.165) is 0 Å². The first-order valence-corrected chi connectivity index (χ1v) is 5.93. The summed E-state index contributed by atoms with van der Waals surface area (Å²) in [6, 6.07) is -0.651. The number of esters is 1. The Kier molecular flexibility index (Phi) is 4.65. The number of nitrogens with zero attached hydrogens (tertiary/aromatic N) is 1. The van der Waals surface area contributed by atoms with Crippen LogP contribution in [0.25, 0.3) is 0 Å². The molecule has 98 valence electrons. The Bertz CT molecular complexity index is 285. The van der Waals surface area contributed by atoms with Crippen molar-refractivity contribution in [3.8, 4) is 0 Å². The number of hydrogen-bond acceptors (Lipinski definition) is 5. The van der Waals surface area contributed by atoms with Crippen LogP contribution in [0.2, 0.25) is 0 Å². The van der Waals surface area contributed by atoms with E-state index < -0.39 is 17.6 Å². The van der Waals surface area contributed by atoms with Crippen LogP contribution in [0.1, 0.15) is 33.6 Å². The highest BCUT2D eigenvalue weighted by Gasteiger charge is 2.31. The molecule has 1 atom stereocenters. The van der Waals surface area contributed by atoms with E-state index in [1.54, 1.807) is 20.8 Å². The molecule has 0 bridgehead atoms. The number of hydrogen-bond donors (Lipinski definition) is 1. The minimum Gasteiger partial charge on any atom is -0.459 e.